The molecule has 224 valence electrons. The van der Waals surface area contributed by atoms with E-state index in [-0.39, 0.29) is 36.0 Å². The Balaban J connectivity index is 2.14. The van der Waals surface area contributed by atoms with Crippen molar-refractivity contribution in [2.75, 3.05) is 30.8 Å². The van der Waals surface area contributed by atoms with Gasteiger partial charge in [0, 0.05) is 41.7 Å². The maximum Gasteiger partial charge on any atom is 0.271 e. The maximum atomic E-state index is 14.1. The maximum absolute atomic E-state index is 14.1. The lowest BCUT2D eigenvalue weighted by molar-refractivity contribution is -0.384. The summed E-state index contributed by atoms with van der Waals surface area (Å²) in [5, 5.41) is 14.8. The molecule has 0 saturated carbocycles. The van der Waals surface area contributed by atoms with E-state index in [9.17, 15) is 28.1 Å². The lowest BCUT2D eigenvalue weighted by Crippen LogP contribution is -2.53. The molecule has 0 radical (unpaired) electrons. The van der Waals surface area contributed by atoms with Crippen LogP contribution in [0.1, 0.15) is 18.1 Å². The molecule has 0 heterocycles. The summed E-state index contributed by atoms with van der Waals surface area (Å²) >= 11 is 12.5. The van der Waals surface area contributed by atoms with Gasteiger partial charge in [-0.15, -0.1) is 0 Å². The molecule has 2 amide bonds. The Hall–Kier alpha value is -3.87. The second-order valence-electron chi connectivity index (χ2n) is 9.24. The summed E-state index contributed by atoms with van der Waals surface area (Å²) in [6.07, 6.45) is 0.979. The van der Waals surface area contributed by atoms with Crippen LogP contribution >= 0.6 is 23.2 Å². The number of likely N-dealkylation sites (N-methyl/N-ethyl adjacent to an activating group) is 1. The number of rotatable bonds is 13. The fourth-order valence-corrected chi connectivity index (χ4v) is 5.57. The van der Waals surface area contributed by atoms with Gasteiger partial charge in [0.2, 0.25) is 21.8 Å². The van der Waals surface area contributed by atoms with E-state index in [0.717, 1.165) is 28.3 Å². The third-order valence-electron chi connectivity index (χ3n) is 6.30. The number of hydrogen-bond donors (Lipinski definition) is 1. The van der Waals surface area contributed by atoms with Crippen LogP contribution < -0.4 is 14.4 Å². The quantitative estimate of drug-likeness (QED) is 0.216. The molecular formula is C28H30Cl2N4O7S. The number of benzene rings is 3. The molecule has 14 heteroatoms. The Morgan fingerprint density at radius 1 is 1.07 bits per heavy atom. The summed E-state index contributed by atoms with van der Waals surface area (Å²) in [6, 6.07) is 16.1. The summed E-state index contributed by atoms with van der Waals surface area (Å²) in [7, 11) is -2.91. The minimum atomic E-state index is -4.18. The Morgan fingerprint density at radius 2 is 1.76 bits per heavy atom. The number of carbonyl (C=O) groups excluding carboxylic acids is 2. The minimum Gasteiger partial charge on any atom is -0.495 e. The van der Waals surface area contributed by atoms with Crippen molar-refractivity contribution in [1.29, 1.82) is 0 Å². The molecule has 0 aliphatic rings. The lowest BCUT2D eigenvalue weighted by atomic mass is 10.0. The summed E-state index contributed by atoms with van der Waals surface area (Å²) < 4.78 is 32.0. The van der Waals surface area contributed by atoms with Gasteiger partial charge in [-0.3, -0.25) is 24.0 Å². The van der Waals surface area contributed by atoms with E-state index >= 15 is 0 Å². The number of nitro groups is 1. The van der Waals surface area contributed by atoms with Crippen molar-refractivity contribution in [3.63, 3.8) is 0 Å². The molecule has 3 aromatic carbocycles. The second-order valence-corrected chi connectivity index (χ2v) is 12.0. The second kappa shape index (κ2) is 14.3. The van der Waals surface area contributed by atoms with E-state index in [2.05, 4.69) is 5.32 Å². The Morgan fingerprint density at radius 3 is 2.33 bits per heavy atom. The Labute approximate surface area is 254 Å². The molecule has 0 bridgehead atoms. The smallest absolute Gasteiger partial charge is 0.271 e. The SMILES string of the molecule is CCNC(=O)[C@H](Cc1ccccc1)N(Cc1ccc(Cl)cc1Cl)C(=O)CN(c1cc([N+](=O)[O-])ccc1OC)S(C)(=O)=O. The van der Waals surface area contributed by atoms with Gasteiger partial charge in [-0.25, -0.2) is 8.42 Å². The molecule has 3 aromatic rings. The van der Waals surface area contributed by atoms with Crippen molar-refractivity contribution in [2.24, 2.45) is 0 Å². The van der Waals surface area contributed by atoms with Crippen LogP contribution in [0.5, 0.6) is 5.75 Å². The van der Waals surface area contributed by atoms with Crippen molar-refractivity contribution in [1.82, 2.24) is 10.2 Å². The fourth-order valence-electron chi connectivity index (χ4n) is 4.26. The number of sulfonamides is 1. The Kier molecular flexibility index (Phi) is 11.1. The molecule has 0 fully saturated rings. The lowest BCUT2D eigenvalue weighted by Gasteiger charge is -2.33. The van der Waals surface area contributed by atoms with E-state index in [4.69, 9.17) is 27.9 Å². The number of amides is 2. The van der Waals surface area contributed by atoms with Gasteiger partial charge >= 0.3 is 0 Å². The average Bonchev–Trinajstić information content (AvgIpc) is 2.94. The largest absolute Gasteiger partial charge is 0.495 e. The van der Waals surface area contributed by atoms with Gasteiger partial charge in [-0.1, -0.05) is 59.6 Å². The van der Waals surface area contributed by atoms with Crippen molar-refractivity contribution in [2.45, 2.75) is 25.9 Å². The highest BCUT2D eigenvalue weighted by Crippen LogP contribution is 2.34. The van der Waals surface area contributed by atoms with Gasteiger partial charge in [0.25, 0.3) is 5.69 Å². The molecule has 1 N–H and O–H groups in total. The summed E-state index contributed by atoms with van der Waals surface area (Å²) in [5.74, 6) is -1.22. The van der Waals surface area contributed by atoms with Crippen LogP contribution in [0.3, 0.4) is 0 Å². The number of nitrogens with zero attached hydrogens (tertiary/aromatic N) is 3. The van der Waals surface area contributed by atoms with E-state index in [1.165, 1.54) is 24.1 Å². The van der Waals surface area contributed by atoms with Gasteiger partial charge in [0.1, 0.15) is 24.0 Å². The van der Waals surface area contributed by atoms with Crippen molar-refractivity contribution in [3.8, 4) is 5.75 Å². The van der Waals surface area contributed by atoms with E-state index in [0.29, 0.717) is 10.6 Å². The molecule has 3 rings (SSSR count). The van der Waals surface area contributed by atoms with Gasteiger partial charge < -0.3 is 15.0 Å². The summed E-state index contributed by atoms with van der Waals surface area (Å²) in [4.78, 5) is 39.5. The number of hydrogen-bond acceptors (Lipinski definition) is 7. The number of carbonyl (C=O) groups is 2. The van der Waals surface area contributed by atoms with Gasteiger partial charge in [-0.05, 0) is 36.2 Å². The van der Waals surface area contributed by atoms with E-state index < -0.39 is 45.0 Å². The predicted octanol–water partition coefficient (Wildman–Crippen LogP) is 4.45. The van der Waals surface area contributed by atoms with Crippen molar-refractivity contribution >= 4 is 56.4 Å². The third kappa shape index (κ3) is 8.34. The fraction of sp³-hybridized carbons (Fsp3) is 0.286. The van der Waals surface area contributed by atoms with Crippen LogP contribution in [0.4, 0.5) is 11.4 Å². The molecule has 0 unspecified atom stereocenters. The van der Waals surface area contributed by atoms with Crippen LogP contribution in [0.25, 0.3) is 0 Å². The van der Waals surface area contributed by atoms with E-state index in [1.54, 1.807) is 43.3 Å². The predicted molar refractivity (Wildman–Crippen MR) is 161 cm³/mol. The van der Waals surface area contributed by atoms with Gasteiger partial charge in [-0.2, -0.15) is 0 Å². The number of ether oxygens (including phenoxy) is 1. The molecule has 0 aliphatic carbocycles. The number of methoxy groups -OCH3 is 1. The number of non-ortho nitro benzene ring substituents is 1. The molecule has 0 aliphatic heterocycles. The standard InChI is InChI=1S/C28H30Cl2N4O7S/c1-4-31-28(36)25(14-19-8-6-5-7-9-19)32(17-20-10-11-21(29)15-23(20)30)27(35)18-33(42(3,39)40)24-16-22(34(37)38)12-13-26(24)41-2/h5-13,15-16,25H,4,14,17-18H2,1-3H3,(H,31,36)/t25-/m0/s1. The van der Waals surface area contributed by atoms with Crippen molar-refractivity contribution < 1.29 is 27.7 Å². The van der Waals surface area contributed by atoms with Gasteiger partial charge in [0.05, 0.1) is 18.3 Å². The van der Waals surface area contributed by atoms with Gasteiger partial charge in [0.15, 0.2) is 0 Å². The van der Waals surface area contributed by atoms with Crippen LogP contribution in [-0.4, -0.2) is 62.6 Å². The van der Waals surface area contributed by atoms with Crippen LogP contribution in [0.2, 0.25) is 10.0 Å². The van der Waals surface area contributed by atoms with Crippen LogP contribution in [-0.2, 0) is 32.6 Å². The summed E-state index contributed by atoms with van der Waals surface area (Å²) in [5.41, 5.74) is 0.621. The minimum absolute atomic E-state index is 0.00400. The third-order valence-corrected chi connectivity index (χ3v) is 8.01. The zero-order chi connectivity index (χ0) is 31.0. The summed E-state index contributed by atoms with van der Waals surface area (Å²) in [6.45, 7) is 1.08. The number of nitro benzene ring substituents is 1. The first-order chi connectivity index (χ1) is 19.8. The van der Waals surface area contributed by atoms with Crippen LogP contribution in [0, 0.1) is 10.1 Å². The molecule has 1 atom stereocenters. The van der Waals surface area contributed by atoms with Crippen molar-refractivity contribution in [3.05, 3.63) is 98.0 Å². The highest BCUT2D eigenvalue weighted by Gasteiger charge is 2.34. The molecule has 42 heavy (non-hydrogen) atoms. The zero-order valence-electron chi connectivity index (χ0n) is 23.1. The first-order valence-electron chi connectivity index (χ1n) is 12.7. The Bertz CT molecular complexity index is 1560. The highest BCUT2D eigenvalue weighted by atomic mass is 35.5. The average molecular weight is 638 g/mol. The normalized spacial score (nSPS) is 11.8. The first kappa shape index (κ1) is 32.6. The zero-order valence-corrected chi connectivity index (χ0v) is 25.4. The number of halogens is 2. The highest BCUT2D eigenvalue weighted by molar-refractivity contribution is 7.92. The topological polar surface area (TPSA) is 139 Å². The number of nitrogens with one attached hydrogen (secondary N) is 1. The van der Waals surface area contributed by atoms with Crippen LogP contribution in [0.15, 0.2) is 66.7 Å². The molecule has 0 spiro atoms. The molecular weight excluding hydrogens is 607 g/mol. The monoisotopic (exact) mass is 636 g/mol. The molecule has 11 nitrogen and oxygen atoms in total. The number of anilines is 1. The molecule has 0 saturated heterocycles. The van der Waals surface area contributed by atoms with E-state index in [1.807, 2.05) is 6.07 Å². The molecule has 0 aromatic heterocycles. The first-order valence-corrected chi connectivity index (χ1v) is 15.3.